The lowest BCUT2D eigenvalue weighted by Crippen LogP contribution is -2.60. The molecule has 0 spiro atoms. The molecule has 1 saturated carbocycles. The summed E-state index contributed by atoms with van der Waals surface area (Å²) in [7, 11) is -3.89. The Hall–Kier alpha value is -2.96. The van der Waals surface area contributed by atoms with Crippen LogP contribution in [0.2, 0.25) is 0 Å². The van der Waals surface area contributed by atoms with Crippen LogP contribution in [-0.4, -0.2) is 79.4 Å². The first-order valence-corrected chi connectivity index (χ1v) is 13.9. The van der Waals surface area contributed by atoms with E-state index in [0.717, 1.165) is 6.26 Å². The molecule has 2 rings (SSSR count). The zero-order chi connectivity index (χ0) is 28.6. The maximum Gasteiger partial charge on any atom is 0.408 e. The number of carbonyl (C=O) groups excluding carboxylic acids is 5. The maximum atomic E-state index is 13.7. The van der Waals surface area contributed by atoms with Crippen LogP contribution in [0.25, 0.3) is 0 Å². The summed E-state index contributed by atoms with van der Waals surface area (Å²) in [6, 6.07) is -2.21. The van der Waals surface area contributed by atoms with Gasteiger partial charge in [0, 0.05) is 18.4 Å². The number of likely N-dealkylation sites (tertiary alicyclic amines) is 1. The third-order valence-electron chi connectivity index (χ3n) is 6.21. The predicted octanol–water partition coefficient (Wildman–Crippen LogP) is 0.479. The van der Waals surface area contributed by atoms with Crippen molar-refractivity contribution in [1.29, 1.82) is 0 Å². The molecule has 1 aliphatic heterocycles. The number of alkyl carbamates (subject to hydrolysis) is 1. The van der Waals surface area contributed by atoms with E-state index >= 15 is 0 Å². The maximum absolute atomic E-state index is 13.7. The molecule has 0 aromatic carbocycles. The third kappa shape index (κ3) is 7.53. The van der Waals surface area contributed by atoms with Gasteiger partial charge in [0.2, 0.25) is 21.8 Å². The highest BCUT2D eigenvalue weighted by molar-refractivity contribution is 7.89. The van der Waals surface area contributed by atoms with Crippen molar-refractivity contribution in [3.05, 3.63) is 12.7 Å². The average molecular weight is 543 g/mol. The van der Waals surface area contributed by atoms with Gasteiger partial charge in [0.05, 0.1) is 6.26 Å². The number of amides is 4. The second-order valence-electron chi connectivity index (χ2n) is 11.8. The van der Waals surface area contributed by atoms with Gasteiger partial charge in [0.25, 0.3) is 5.91 Å². The van der Waals surface area contributed by atoms with Crippen LogP contribution >= 0.6 is 0 Å². The van der Waals surface area contributed by atoms with Gasteiger partial charge in [0.15, 0.2) is 0 Å². The summed E-state index contributed by atoms with van der Waals surface area (Å²) in [4.78, 5) is 65.1. The lowest BCUT2D eigenvalue weighted by Gasteiger charge is -2.36. The van der Waals surface area contributed by atoms with Crippen LogP contribution in [0.5, 0.6) is 0 Å². The fourth-order valence-corrected chi connectivity index (χ4v) is 4.81. The van der Waals surface area contributed by atoms with Crippen molar-refractivity contribution >= 4 is 40.1 Å². The quantitative estimate of drug-likeness (QED) is 0.294. The van der Waals surface area contributed by atoms with Gasteiger partial charge in [-0.2, -0.15) is 0 Å². The molecule has 3 N–H and O–H groups in total. The van der Waals surface area contributed by atoms with Crippen molar-refractivity contribution in [3.8, 4) is 0 Å². The fraction of sp³-hybridized carbons (Fsp3) is 0.708. The highest BCUT2D eigenvalue weighted by atomic mass is 32.2. The second-order valence-corrected chi connectivity index (χ2v) is 13.5. The molecule has 2 unspecified atom stereocenters. The summed E-state index contributed by atoms with van der Waals surface area (Å²) in [5.41, 5.74) is -3.12. The molecule has 4 amide bonds. The Morgan fingerprint density at radius 3 is 2.16 bits per heavy atom. The number of hydrogen-bond acceptors (Lipinski definition) is 8. The van der Waals surface area contributed by atoms with Gasteiger partial charge in [-0.1, -0.05) is 26.8 Å². The Kier molecular flexibility index (Phi) is 8.53. The lowest BCUT2D eigenvalue weighted by atomic mass is 9.85. The summed E-state index contributed by atoms with van der Waals surface area (Å²) in [5, 5.41) is 5.19. The molecule has 37 heavy (non-hydrogen) atoms. The largest absolute Gasteiger partial charge is 0.444 e. The van der Waals surface area contributed by atoms with Gasteiger partial charge in [-0.15, -0.1) is 6.58 Å². The first kappa shape index (κ1) is 30.3. The molecule has 2 aliphatic rings. The molecule has 1 aliphatic carbocycles. The minimum absolute atomic E-state index is 0.00685. The van der Waals surface area contributed by atoms with Crippen LogP contribution in [0.3, 0.4) is 0 Å². The monoisotopic (exact) mass is 542 g/mol. The van der Waals surface area contributed by atoms with E-state index in [4.69, 9.17) is 4.74 Å². The molecule has 0 radical (unpaired) electrons. The number of nitrogens with zero attached hydrogens (tertiary/aromatic N) is 1. The first-order valence-electron chi connectivity index (χ1n) is 12.0. The summed E-state index contributed by atoms with van der Waals surface area (Å²) < 4.78 is 30.4. The van der Waals surface area contributed by atoms with Crippen molar-refractivity contribution in [2.75, 3.05) is 12.8 Å². The van der Waals surface area contributed by atoms with Crippen molar-refractivity contribution in [2.45, 2.75) is 77.6 Å². The summed E-state index contributed by atoms with van der Waals surface area (Å²) >= 11 is 0. The zero-order valence-corrected chi connectivity index (χ0v) is 23.2. The molecule has 13 heteroatoms. The first-order chi connectivity index (χ1) is 16.7. The summed E-state index contributed by atoms with van der Waals surface area (Å²) in [6.07, 6.45) is 2.24. The highest BCUT2D eigenvalue weighted by Crippen LogP contribution is 2.45. The van der Waals surface area contributed by atoms with Crippen LogP contribution in [0.1, 0.15) is 54.4 Å². The predicted molar refractivity (Wildman–Crippen MR) is 134 cm³/mol. The van der Waals surface area contributed by atoms with E-state index in [1.54, 1.807) is 41.5 Å². The normalized spacial score (nSPS) is 26.5. The highest BCUT2D eigenvalue weighted by Gasteiger charge is 2.61. The zero-order valence-electron chi connectivity index (χ0n) is 22.4. The van der Waals surface area contributed by atoms with Gasteiger partial charge in [0.1, 0.15) is 29.5 Å². The van der Waals surface area contributed by atoms with Gasteiger partial charge in [-0.3, -0.25) is 19.1 Å². The lowest BCUT2D eigenvalue weighted by molar-refractivity contribution is -0.143. The van der Waals surface area contributed by atoms with Crippen LogP contribution in [-0.2, 0) is 33.9 Å². The smallest absolute Gasteiger partial charge is 0.408 e. The van der Waals surface area contributed by atoms with Crippen molar-refractivity contribution in [1.82, 2.24) is 20.3 Å². The Labute approximate surface area is 218 Å². The summed E-state index contributed by atoms with van der Waals surface area (Å²) in [6.45, 7) is 13.8. The van der Waals surface area contributed by atoms with Crippen LogP contribution in [0, 0.1) is 17.3 Å². The molecule has 208 valence electrons. The molecule has 1 heterocycles. The van der Waals surface area contributed by atoms with Crippen molar-refractivity contribution < 1.29 is 37.1 Å². The van der Waals surface area contributed by atoms with E-state index in [0.29, 0.717) is 6.29 Å². The minimum Gasteiger partial charge on any atom is -0.444 e. The topological polar surface area (TPSA) is 168 Å². The number of hydrogen-bond donors (Lipinski definition) is 3. The molecule has 0 aromatic heterocycles. The van der Waals surface area contributed by atoms with E-state index in [1.165, 1.54) is 11.0 Å². The summed E-state index contributed by atoms with van der Waals surface area (Å²) in [5.74, 6) is -3.36. The number of sulfonamides is 1. The van der Waals surface area contributed by atoms with Gasteiger partial charge in [-0.05, 0) is 39.0 Å². The van der Waals surface area contributed by atoms with Crippen LogP contribution < -0.4 is 15.4 Å². The van der Waals surface area contributed by atoms with E-state index in [2.05, 4.69) is 17.2 Å². The van der Waals surface area contributed by atoms with E-state index in [9.17, 15) is 32.4 Å². The molecule has 0 aromatic rings. The van der Waals surface area contributed by atoms with E-state index < -0.39 is 74.3 Å². The van der Waals surface area contributed by atoms with Gasteiger partial charge in [-0.25, -0.2) is 13.2 Å². The molecule has 1 saturated heterocycles. The minimum atomic E-state index is -3.89. The average Bonchev–Trinajstić information content (AvgIpc) is 3.25. The van der Waals surface area contributed by atoms with Crippen LogP contribution in [0.15, 0.2) is 12.7 Å². The van der Waals surface area contributed by atoms with Gasteiger partial charge < -0.3 is 25.1 Å². The standard InChI is InChI=1S/C24H38N4O8S/c1-9-15-11-24(15,20(32)27-37(8,34)35)26-18(30)16-10-14(13-29)12-28(16)19(31)17(22(2,3)4)25-21(33)36-23(5,6)7/h9,13-17H,1,10-12H2,2-8H3,(H,25,33)(H,26,30)(H,27,32)/t14-,15?,16+,17-,24?/m1/s1. The fourth-order valence-electron chi connectivity index (χ4n) is 4.30. The Bertz CT molecular complexity index is 1080. The number of nitrogens with one attached hydrogen (secondary N) is 3. The van der Waals surface area contributed by atoms with Crippen molar-refractivity contribution in [2.24, 2.45) is 17.3 Å². The van der Waals surface area contributed by atoms with Gasteiger partial charge >= 0.3 is 6.09 Å². The van der Waals surface area contributed by atoms with Crippen LogP contribution in [0.4, 0.5) is 4.79 Å². The molecule has 12 nitrogen and oxygen atoms in total. The molecular formula is C24H38N4O8S. The molecule has 0 bridgehead atoms. The SMILES string of the molecule is C=CC1CC1(NC(=O)[C@@H]1C[C@@H](C=O)CN1C(=O)[C@@H](NC(=O)OC(C)(C)C)C(C)(C)C)C(=O)NS(C)(=O)=O. The third-order valence-corrected chi connectivity index (χ3v) is 6.77. The molecular weight excluding hydrogens is 504 g/mol. The van der Waals surface area contributed by atoms with Crippen molar-refractivity contribution in [3.63, 3.8) is 0 Å². The number of rotatable bonds is 8. The van der Waals surface area contributed by atoms with E-state index in [1.807, 2.05) is 4.72 Å². The number of carbonyl (C=O) groups is 5. The Morgan fingerprint density at radius 2 is 1.73 bits per heavy atom. The second kappa shape index (κ2) is 10.4. The number of aldehydes is 1. The molecule has 2 fully saturated rings. The molecule has 5 atom stereocenters. The Morgan fingerprint density at radius 1 is 1.14 bits per heavy atom. The Balaban J connectivity index is 2.32. The van der Waals surface area contributed by atoms with E-state index in [-0.39, 0.29) is 19.4 Å². The number of ether oxygens (including phenoxy) is 1.